The highest BCUT2D eigenvalue weighted by atomic mass is 35.5. The number of ether oxygens (including phenoxy) is 1. The summed E-state index contributed by atoms with van der Waals surface area (Å²) < 4.78 is 5.28. The number of rotatable bonds is 5. The zero-order chi connectivity index (χ0) is 21.7. The quantitative estimate of drug-likeness (QED) is 0.718. The Balaban J connectivity index is 1.48. The Labute approximate surface area is 185 Å². The number of nitrogens with one attached hydrogen (secondary N) is 2. The van der Waals surface area contributed by atoms with Crippen molar-refractivity contribution in [2.75, 3.05) is 50.5 Å². The zero-order valence-electron chi connectivity index (χ0n) is 16.9. The van der Waals surface area contributed by atoms with E-state index in [1.165, 1.54) is 0 Å². The molecule has 3 rings (SSSR count). The van der Waals surface area contributed by atoms with Crippen LogP contribution in [-0.2, 0) is 4.79 Å². The van der Waals surface area contributed by atoms with Crippen molar-refractivity contribution in [1.29, 1.82) is 0 Å². The zero-order valence-corrected chi connectivity index (χ0v) is 18.4. The fourth-order valence-electron chi connectivity index (χ4n) is 3.13. The number of piperazine rings is 1. The van der Waals surface area contributed by atoms with Crippen molar-refractivity contribution in [1.82, 2.24) is 9.80 Å². The first-order chi connectivity index (χ1) is 14.4. The molecule has 0 bridgehead atoms. The third kappa shape index (κ3) is 5.49. The number of aryl methyl sites for hydroxylation is 1. The van der Waals surface area contributed by atoms with Crippen LogP contribution in [0.1, 0.15) is 5.56 Å². The number of halogens is 2. The Morgan fingerprint density at radius 3 is 2.40 bits per heavy atom. The molecule has 0 atom stereocenters. The minimum absolute atomic E-state index is 0.0533. The lowest BCUT2D eigenvalue weighted by molar-refractivity contribution is -0.130. The number of hydrogen-bond donors (Lipinski definition) is 2. The lowest BCUT2D eigenvalue weighted by Crippen LogP contribution is -2.52. The van der Waals surface area contributed by atoms with E-state index in [4.69, 9.17) is 27.9 Å². The number of anilines is 2. The summed E-state index contributed by atoms with van der Waals surface area (Å²) in [6.45, 7) is 3.87. The summed E-state index contributed by atoms with van der Waals surface area (Å²) in [5.74, 6) is 0.562. The summed E-state index contributed by atoms with van der Waals surface area (Å²) in [4.78, 5) is 28.4. The normalized spacial score (nSPS) is 13.7. The van der Waals surface area contributed by atoms with E-state index in [0.717, 1.165) is 5.56 Å². The Hall–Kier alpha value is -2.64. The average Bonchev–Trinajstić information content (AvgIpc) is 2.74. The van der Waals surface area contributed by atoms with Gasteiger partial charge >= 0.3 is 6.03 Å². The van der Waals surface area contributed by atoms with Gasteiger partial charge in [0.15, 0.2) is 0 Å². The third-order valence-corrected chi connectivity index (χ3v) is 5.58. The summed E-state index contributed by atoms with van der Waals surface area (Å²) in [5.41, 5.74) is 2.26. The van der Waals surface area contributed by atoms with Gasteiger partial charge in [0.1, 0.15) is 5.75 Å². The second-order valence-corrected chi connectivity index (χ2v) is 7.80. The lowest BCUT2D eigenvalue weighted by atomic mass is 10.2. The first kappa shape index (κ1) is 22.1. The molecule has 0 aliphatic carbocycles. The highest BCUT2D eigenvalue weighted by Crippen LogP contribution is 2.27. The molecule has 2 N–H and O–H groups in total. The topological polar surface area (TPSA) is 73.9 Å². The van der Waals surface area contributed by atoms with Crippen molar-refractivity contribution < 1.29 is 14.3 Å². The Bertz CT molecular complexity index is 930. The first-order valence-electron chi connectivity index (χ1n) is 9.54. The second kappa shape index (κ2) is 9.91. The number of carbonyl (C=O) groups is 2. The molecule has 0 aromatic heterocycles. The van der Waals surface area contributed by atoms with Crippen LogP contribution in [0.5, 0.6) is 5.75 Å². The van der Waals surface area contributed by atoms with E-state index in [2.05, 4.69) is 10.6 Å². The first-order valence-corrected chi connectivity index (χ1v) is 10.3. The molecule has 7 nitrogen and oxygen atoms in total. The minimum Gasteiger partial charge on any atom is -0.495 e. The molecule has 1 aliphatic rings. The molecule has 1 fully saturated rings. The van der Waals surface area contributed by atoms with Gasteiger partial charge in [-0.15, -0.1) is 0 Å². The third-order valence-electron chi connectivity index (χ3n) is 4.93. The Morgan fingerprint density at radius 2 is 1.73 bits per heavy atom. The maximum Gasteiger partial charge on any atom is 0.321 e. The summed E-state index contributed by atoms with van der Waals surface area (Å²) >= 11 is 12.1. The van der Waals surface area contributed by atoms with Gasteiger partial charge < -0.3 is 25.2 Å². The molecule has 0 saturated carbocycles. The molecule has 9 heteroatoms. The van der Waals surface area contributed by atoms with Crippen molar-refractivity contribution in [3.63, 3.8) is 0 Å². The summed E-state index contributed by atoms with van der Waals surface area (Å²) in [7, 11) is 1.56. The van der Waals surface area contributed by atoms with Crippen molar-refractivity contribution in [2.45, 2.75) is 6.92 Å². The van der Waals surface area contributed by atoms with E-state index in [0.29, 0.717) is 53.3 Å². The van der Waals surface area contributed by atoms with E-state index >= 15 is 0 Å². The van der Waals surface area contributed by atoms with Crippen LogP contribution in [0.4, 0.5) is 16.2 Å². The molecule has 0 radical (unpaired) electrons. The highest BCUT2D eigenvalue weighted by molar-refractivity contribution is 6.31. The lowest BCUT2D eigenvalue weighted by Gasteiger charge is -2.34. The number of methoxy groups -OCH3 is 1. The maximum atomic E-state index is 12.5. The Morgan fingerprint density at radius 1 is 1.03 bits per heavy atom. The van der Waals surface area contributed by atoms with Crippen LogP contribution in [0.25, 0.3) is 0 Å². The van der Waals surface area contributed by atoms with Crippen molar-refractivity contribution in [2.24, 2.45) is 0 Å². The molecule has 2 aromatic rings. The predicted molar refractivity (Wildman–Crippen MR) is 120 cm³/mol. The van der Waals surface area contributed by atoms with Crippen LogP contribution in [0.15, 0.2) is 36.4 Å². The monoisotopic (exact) mass is 450 g/mol. The molecular formula is C21H24Cl2N4O3. The fourth-order valence-corrected chi connectivity index (χ4v) is 3.49. The molecule has 1 saturated heterocycles. The standard InChI is InChI=1S/C21H24Cl2N4O3/c1-14-3-5-16(12-17(14)23)25-21(29)27-9-7-26(8-10-27)20(28)13-24-18-11-15(22)4-6-19(18)30-2/h3-6,11-12,24H,7-10,13H2,1-2H3,(H,25,29). The van der Waals surface area contributed by atoms with Gasteiger partial charge in [-0.2, -0.15) is 0 Å². The van der Waals surface area contributed by atoms with Gasteiger partial charge in [0.2, 0.25) is 5.91 Å². The molecule has 1 aliphatic heterocycles. The summed E-state index contributed by atoms with van der Waals surface area (Å²) in [5, 5.41) is 7.08. The molecular weight excluding hydrogens is 427 g/mol. The second-order valence-electron chi connectivity index (χ2n) is 6.96. The van der Waals surface area contributed by atoms with Gasteiger partial charge in [-0.1, -0.05) is 29.3 Å². The van der Waals surface area contributed by atoms with E-state index in [1.54, 1.807) is 41.2 Å². The molecule has 1 heterocycles. The number of amides is 3. The van der Waals surface area contributed by atoms with E-state index < -0.39 is 0 Å². The van der Waals surface area contributed by atoms with Gasteiger partial charge in [-0.25, -0.2) is 4.79 Å². The molecule has 0 spiro atoms. The van der Waals surface area contributed by atoms with E-state index in [1.807, 2.05) is 19.1 Å². The molecule has 30 heavy (non-hydrogen) atoms. The number of hydrogen-bond acceptors (Lipinski definition) is 4. The van der Waals surface area contributed by atoms with Crippen LogP contribution in [0, 0.1) is 6.92 Å². The van der Waals surface area contributed by atoms with E-state index in [-0.39, 0.29) is 18.5 Å². The van der Waals surface area contributed by atoms with Gasteiger partial charge in [-0.3, -0.25) is 4.79 Å². The fraction of sp³-hybridized carbons (Fsp3) is 0.333. The average molecular weight is 451 g/mol. The van der Waals surface area contributed by atoms with Crippen molar-refractivity contribution >= 4 is 46.5 Å². The number of benzene rings is 2. The number of urea groups is 1. The van der Waals surface area contributed by atoms with Crippen molar-refractivity contribution in [3.05, 3.63) is 52.0 Å². The van der Waals surface area contributed by atoms with Crippen LogP contribution < -0.4 is 15.4 Å². The van der Waals surface area contributed by atoms with Gasteiger partial charge in [-0.05, 0) is 42.8 Å². The Kier molecular flexibility index (Phi) is 7.29. The van der Waals surface area contributed by atoms with Crippen LogP contribution in [0.2, 0.25) is 10.0 Å². The van der Waals surface area contributed by atoms with Gasteiger partial charge in [0, 0.05) is 41.9 Å². The van der Waals surface area contributed by atoms with Crippen molar-refractivity contribution in [3.8, 4) is 5.75 Å². The SMILES string of the molecule is COc1ccc(Cl)cc1NCC(=O)N1CCN(C(=O)Nc2ccc(C)c(Cl)c2)CC1. The van der Waals surface area contributed by atoms with Crippen LogP contribution in [-0.4, -0.2) is 61.6 Å². The van der Waals surface area contributed by atoms with Gasteiger partial charge in [0.25, 0.3) is 0 Å². The largest absolute Gasteiger partial charge is 0.495 e. The highest BCUT2D eigenvalue weighted by Gasteiger charge is 2.24. The van der Waals surface area contributed by atoms with Crippen LogP contribution in [0.3, 0.4) is 0 Å². The van der Waals surface area contributed by atoms with Crippen LogP contribution >= 0.6 is 23.2 Å². The predicted octanol–water partition coefficient (Wildman–Crippen LogP) is 4.10. The smallest absolute Gasteiger partial charge is 0.321 e. The maximum absolute atomic E-state index is 12.5. The molecule has 160 valence electrons. The summed E-state index contributed by atoms with van der Waals surface area (Å²) in [6.07, 6.45) is 0. The number of nitrogens with zero attached hydrogens (tertiary/aromatic N) is 2. The number of carbonyl (C=O) groups excluding carboxylic acids is 2. The minimum atomic E-state index is -0.205. The van der Waals surface area contributed by atoms with Gasteiger partial charge in [0.05, 0.1) is 19.3 Å². The van der Waals surface area contributed by atoms with E-state index in [9.17, 15) is 9.59 Å². The molecule has 2 aromatic carbocycles. The molecule has 0 unspecified atom stereocenters. The summed E-state index contributed by atoms with van der Waals surface area (Å²) in [6, 6.07) is 10.4. The molecule has 3 amide bonds.